The molecule has 1 saturated carbocycles. The van der Waals surface area contributed by atoms with Gasteiger partial charge in [-0.25, -0.2) is 0 Å². The molecule has 7 rings (SSSR count). The average Bonchev–Trinajstić information content (AvgIpc) is 2.88. The normalized spacial score (nSPS) is 48.6. The third kappa shape index (κ3) is 1.06. The third-order valence-corrected chi connectivity index (χ3v) is 7.46. The molecule has 3 saturated heterocycles. The topological polar surface area (TPSA) is 72.8 Å². The molecule has 24 heavy (non-hydrogen) atoms. The van der Waals surface area contributed by atoms with Crippen LogP contribution in [0.1, 0.15) is 47.6 Å². The molecule has 1 spiro atoms. The monoisotopic (exact) mass is 326 g/mol. The minimum atomic E-state index is -1.19. The molecule has 4 bridgehead atoms. The lowest BCUT2D eigenvalue weighted by molar-refractivity contribution is -0.243. The van der Waals surface area contributed by atoms with E-state index < -0.39 is 23.2 Å². The Morgan fingerprint density at radius 2 is 2.04 bits per heavy atom. The van der Waals surface area contributed by atoms with Gasteiger partial charge in [-0.2, -0.15) is 0 Å². The predicted molar refractivity (Wildman–Crippen MR) is 82.6 cm³/mol. The molecule has 0 amide bonds. The highest BCUT2D eigenvalue weighted by Gasteiger charge is 2.83. The van der Waals surface area contributed by atoms with Crippen LogP contribution in [0.25, 0.3) is 0 Å². The zero-order chi connectivity index (χ0) is 16.6. The van der Waals surface area contributed by atoms with Crippen molar-refractivity contribution in [1.82, 2.24) is 0 Å². The molecule has 0 aromatic heterocycles. The van der Waals surface area contributed by atoms with Crippen LogP contribution in [0, 0.1) is 18.3 Å². The van der Waals surface area contributed by atoms with Gasteiger partial charge in [0.1, 0.15) is 17.8 Å². The van der Waals surface area contributed by atoms with Gasteiger partial charge in [-0.1, -0.05) is 6.92 Å². The zero-order valence-corrected chi connectivity index (χ0v) is 13.5. The fourth-order valence-corrected chi connectivity index (χ4v) is 6.57. The molecule has 5 heteroatoms. The Hall–Kier alpha value is -1.72. The van der Waals surface area contributed by atoms with Gasteiger partial charge < -0.3 is 14.6 Å². The SMILES string of the molecule is Cc1cc(=O)cc2c3c1[C@H]1O[C@@H]4[C@@H](C)[C@@]5(CC2)C(=O)O[C@H]4[C@@]1(O)[C@H]35. The molecule has 0 unspecified atom stereocenters. The van der Waals surface area contributed by atoms with Crippen molar-refractivity contribution in [3.63, 3.8) is 0 Å². The van der Waals surface area contributed by atoms with Crippen LogP contribution in [-0.4, -0.2) is 28.9 Å². The van der Waals surface area contributed by atoms with Gasteiger partial charge in [-0.05, 0) is 54.2 Å². The van der Waals surface area contributed by atoms with E-state index >= 15 is 0 Å². The highest BCUT2D eigenvalue weighted by molar-refractivity contribution is 5.84. The molecule has 1 N–H and O–H groups in total. The molecule has 5 nitrogen and oxygen atoms in total. The van der Waals surface area contributed by atoms with Crippen LogP contribution >= 0.6 is 0 Å². The summed E-state index contributed by atoms with van der Waals surface area (Å²) in [5.74, 6) is -0.503. The summed E-state index contributed by atoms with van der Waals surface area (Å²) in [6.45, 7) is 3.95. The Labute approximate surface area is 138 Å². The Bertz CT molecular complexity index is 907. The maximum absolute atomic E-state index is 12.9. The van der Waals surface area contributed by atoms with Crippen molar-refractivity contribution in [1.29, 1.82) is 0 Å². The molecule has 1 aromatic carbocycles. The summed E-state index contributed by atoms with van der Waals surface area (Å²) >= 11 is 0. The Morgan fingerprint density at radius 1 is 1.25 bits per heavy atom. The van der Waals surface area contributed by atoms with Crippen molar-refractivity contribution in [3.8, 4) is 0 Å². The smallest absolute Gasteiger partial charge is 0.313 e. The van der Waals surface area contributed by atoms with E-state index in [9.17, 15) is 14.7 Å². The quantitative estimate of drug-likeness (QED) is 0.724. The molecule has 1 aromatic rings. The van der Waals surface area contributed by atoms with Crippen LogP contribution in [0.15, 0.2) is 16.9 Å². The summed E-state index contributed by atoms with van der Waals surface area (Å²) in [7, 11) is 0. The summed E-state index contributed by atoms with van der Waals surface area (Å²) in [6.07, 6.45) is -0.101. The summed E-state index contributed by atoms with van der Waals surface area (Å²) in [6, 6.07) is 3.30. The van der Waals surface area contributed by atoms with Gasteiger partial charge in [-0.15, -0.1) is 0 Å². The van der Waals surface area contributed by atoms with E-state index in [1.807, 2.05) is 6.92 Å². The van der Waals surface area contributed by atoms with Gasteiger partial charge in [0.05, 0.1) is 5.41 Å². The predicted octanol–water partition coefficient (Wildman–Crippen LogP) is 1.13. The van der Waals surface area contributed by atoms with Crippen LogP contribution in [0.3, 0.4) is 0 Å². The zero-order valence-electron chi connectivity index (χ0n) is 13.5. The summed E-state index contributed by atoms with van der Waals surface area (Å²) in [5.41, 5.74) is 1.77. The maximum atomic E-state index is 12.9. The molecule has 0 radical (unpaired) electrons. The Morgan fingerprint density at radius 3 is 2.83 bits per heavy atom. The van der Waals surface area contributed by atoms with Gasteiger partial charge in [0.15, 0.2) is 11.5 Å². The van der Waals surface area contributed by atoms with Crippen molar-refractivity contribution in [3.05, 3.63) is 44.6 Å². The second kappa shape index (κ2) is 3.60. The lowest BCUT2D eigenvalue weighted by atomic mass is 9.48. The van der Waals surface area contributed by atoms with E-state index in [0.717, 1.165) is 22.3 Å². The van der Waals surface area contributed by atoms with E-state index in [0.29, 0.717) is 12.8 Å². The standard InChI is InChI=1S/C19H18O5/c1-7-5-10(20)6-9-3-4-18-8(2)13-16(24-17(18)21)19(22)14(18)12(9)11(7)15(19)23-13/h5-6,8,13-16,22H,3-4H2,1-2H3/t8-,13-,14-,15-,16-,18-,19-/m1/s1. The van der Waals surface area contributed by atoms with Gasteiger partial charge in [0.25, 0.3) is 0 Å². The molecule has 4 fully saturated rings. The summed E-state index contributed by atoms with van der Waals surface area (Å²) < 4.78 is 12.0. The fourth-order valence-electron chi connectivity index (χ4n) is 6.57. The molecule has 6 aliphatic rings. The van der Waals surface area contributed by atoms with Gasteiger partial charge >= 0.3 is 5.97 Å². The molecule has 3 aliphatic carbocycles. The second-order valence-corrected chi connectivity index (χ2v) is 8.18. The average molecular weight is 326 g/mol. The van der Waals surface area contributed by atoms with Crippen molar-refractivity contribution >= 4 is 5.97 Å². The first-order chi connectivity index (χ1) is 11.4. The van der Waals surface area contributed by atoms with Crippen LogP contribution in [-0.2, 0) is 20.7 Å². The van der Waals surface area contributed by atoms with Crippen LogP contribution in [0.2, 0.25) is 0 Å². The first-order valence-electron chi connectivity index (χ1n) is 8.67. The Kier molecular flexibility index (Phi) is 2.04. The number of carbonyl (C=O) groups excluding carboxylic acids is 1. The first-order valence-corrected chi connectivity index (χ1v) is 8.67. The highest BCUT2D eigenvalue weighted by Crippen LogP contribution is 2.75. The molecule has 3 heterocycles. The lowest BCUT2D eigenvalue weighted by Gasteiger charge is -2.60. The summed E-state index contributed by atoms with van der Waals surface area (Å²) in [5, 5.41) is 11.7. The molecule has 7 atom stereocenters. The number of rotatable bonds is 0. The van der Waals surface area contributed by atoms with Gasteiger partial charge in [0, 0.05) is 11.8 Å². The number of aryl methyl sites for hydroxylation is 2. The first kappa shape index (κ1) is 13.6. The van der Waals surface area contributed by atoms with Crippen molar-refractivity contribution < 1.29 is 19.4 Å². The van der Waals surface area contributed by atoms with Crippen molar-refractivity contribution in [2.45, 2.75) is 56.5 Å². The summed E-state index contributed by atoms with van der Waals surface area (Å²) in [4.78, 5) is 25.1. The van der Waals surface area contributed by atoms with E-state index in [1.165, 1.54) is 0 Å². The van der Waals surface area contributed by atoms with Crippen LogP contribution in [0.4, 0.5) is 0 Å². The molecular weight excluding hydrogens is 308 g/mol. The number of hydrogen-bond acceptors (Lipinski definition) is 5. The number of esters is 1. The second-order valence-electron chi connectivity index (χ2n) is 8.18. The number of fused-ring (bicyclic) bond motifs is 2. The van der Waals surface area contributed by atoms with E-state index in [1.54, 1.807) is 12.1 Å². The van der Waals surface area contributed by atoms with Crippen molar-refractivity contribution in [2.24, 2.45) is 11.3 Å². The fraction of sp³-hybridized carbons (Fsp3) is 0.579. The molecule has 3 aliphatic heterocycles. The van der Waals surface area contributed by atoms with E-state index in [2.05, 4.69) is 6.92 Å². The Balaban J connectivity index is 1.81. The van der Waals surface area contributed by atoms with E-state index in [-0.39, 0.29) is 29.3 Å². The van der Waals surface area contributed by atoms with Gasteiger partial charge in [-0.3, -0.25) is 9.59 Å². The van der Waals surface area contributed by atoms with E-state index in [4.69, 9.17) is 9.47 Å². The number of aliphatic hydroxyl groups is 1. The number of hydrogen-bond donors (Lipinski definition) is 1. The minimum absolute atomic E-state index is 0.0119. The third-order valence-electron chi connectivity index (χ3n) is 7.46. The van der Waals surface area contributed by atoms with Crippen LogP contribution < -0.4 is 5.43 Å². The lowest BCUT2D eigenvalue weighted by Crippen LogP contribution is -2.71. The number of ether oxygens (including phenoxy) is 2. The molecular formula is C19H18O5. The van der Waals surface area contributed by atoms with Crippen LogP contribution in [0.5, 0.6) is 0 Å². The largest absolute Gasteiger partial charge is 0.456 e. The van der Waals surface area contributed by atoms with Gasteiger partial charge in [0.2, 0.25) is 0 Å². The maximum Gasteiger partial charge on any atom is 0.313 e. The number of carbonyl (C=O) groups is 1. The highest BCUT2D eigenvalue weighted by atomic mass is 16.6. The minimum Gasteiger partial charge on any atom is -0.456 e. The van der Waals surface area contributed by atoms with Crippen molar-refractivity contribution in [2.75, 3.05) is 0 Å². The molecule has 124 valence electrons.